The van der Waals surface area contributed by atoms with Crippen molar-refractivity contribution in [3.8, 4) is 0 Å². The third kappa shape index (κ3) is 5.64. The maximum absolute atomic E-state index is 13.1. The van der Waals surface area contributed by atoms with Crippen molar-refractivity contribution in [2.75, 3.05) is 24.7 Å². The van der Waals surface area contributed by atoms with Gasteiger partial charge >= 0.3 is 0 Å². The molecule has 0 aliphatic carbocycles. The van der Waals surface area contributed by atoms with Crippen LogP contribution in [0.15, 0.2) is 54.6 Å². The summed E-state index contributed by atoms with van der Waals surface area (Å²) in [4.78, 5) is 15.3. The molecule has 0 aromatic heterocycles. The number of sulfonamides is 1. The van der Waals surface area contributed by atoms with Crippen molar-refractivity contribution in [1.29, 1.82) is 0 Å². The van der Waals surface area contributed by atoms with E-state index in [9.17, 15) is 13.2 Å². The van der Waals surface area contributed by atoms with Gasteiger partial charge in [-0.15, -0.1) is 0 Å². The lowest BCUT2D eigenvalue weighted by atomic mass is 9.99. The van der Waals surface area contributed by atoms with Crippen molar-refractivity contribution in [2.24, 2.45) is 0 Å². The first kappa shape index (κ1) is 20.5. The summed E-state index contributed by atoms with van der Waals surface area (Å²) in [7, 11) is -3.22. The number of likely N-dealkylation sites (tertiary alicyclic amines) is 1. The summed E-state index contributed by atoms with van der Waals surface area (Å²) in [6.07, 6.45) is 2.53. The van der Waals surface area contributed by atoms with E-state index in [4.69, 9.17) is 0 Å². The van der Waals surface area contributed by atoms with Crippen LogP contribution in [0.1, 0.15) is 30.0 Å². The first-order valence-electron chi connectivity index (χ1n) is 9.46. The predicted molar refractivity (Wildman–Crippen MR) is 112 cm³/mol. The number of nitrogens with one attached hydrogen (secondary N) is 2. The van der Waals surface area contributed by atoms with Gasteiger partial charge in [-0.2, -0.15) is 0 Å². The van der Waals surface area contributed by atoms with Crippen molar-refractivity contribution in [3.63, 3.8) is 0 Å². The summed E-state index contributed by atoms with van der Waals surface area (Å²) in [6.45, 7) is 3.30. The summed E-state index contributed by atoms with van der Waals surface area (Å²) in [5.41, 5.74) is 2.84. The van der Waals surface area contributed by atoms with Gasteiger partial charge in [0.25, 0.3) is 0 Å². The van der Waals surface area contributed by atoms with Gasteiger partial charge in [-0.1, -0.05) is 48.0 Å². The molecule has 0 unspecified atom stereocenters. The van der Waals surface area contributed by atoms with E-state index in [1.54, 1.807) is 0 Å². The van der Waals surface area contributed by atoms with Crippen molar-refractivity contribution in [1.82, 2.24) is 9.62 Å². The van der Waals surface area contributed by atoms with Crippen LogP contribution in [0.5, 0.6) is 0 Å². The summed E-state index contributed by atoms with van der Waals surface area (Å²) in [5.74, 6) is -0.0791. The number of piperidine rings is 1. The number of hydrogen-bond donors (Lipinski definition) is 2. The third-order valence-corrected chi connectivity index (χ3v) is 5.72. The molecule has 2 aromatic rings. The first-order valence-corrected chi connectivity index (χ1v) is 11.3. The van der Waals surface area contributed by atoms with Crippen molar-refractivity contribution >= 4 is 21.6 Å². The zero-order chi connectivity index (χ0) is 20.1. The average molecular weight is 402 g/mol. The van der Waals surface area contributed by atoms with Gasteiger partial charge in [-0.25, -0.2) is 13.1 Å². The molecule has 150 valence electrons. The Bertz CT molecular complexity index is 890. The SMILES string of the molecule is Cc1ccc(NC(=O)[C@H](c2ccccc2)N2CCC(NS(C)(=O)=O)CC2)cc1. The molecule has 0 radical (unpaired) electrons. The molecule has 0 saturated carbocycles. The molecule has 0 spiro atoms. The van der Waals surface area contributed by atoms with Crippen LogP contribution >= 0.6 is 0 Å². The second-order valence-electron chi connectivity index (χ2n) is 7.37. The molecule has 6 nitrogen and oxygen atoms in total. The van der Waals surface area contributed by atoms with Crippen LogP contribution in [0.3, 0.4) is 0 Å². The topological polar surface area (TPSA) is 78.5 Å². The van der Waals surface area contributed by atoms with Crippen LogP contribution in [0.25, 0.3) is 0 Å². The molecule has 0 bridgehead atoms. The van der Waals surface area contributed by atoms with Crippen LogP contribution in [-0.4, -0.2) is 44.6 Å². The van der Waals surface area contributed by atoms with E-state index in [2.05, 4.69) is 14.9 Å². The Morgan fingerprint density at radius 1 is 1.04 bits per heavy atom. The normalized spacial score (nSPS) is 17.2. The highest BCUT2D eigenvalue weighted by Gasteiger charge is 2.31. The predicted octanol–water partition coefficient (Wildman–Crippen LogP) is 2.69. The number of carbonyl (C=O) groups excluding carboxylic acids is 1. The lowest BCUT2D eigenvalue weighted by molar-refractivity contribution is -0.122. The molecule has 1 aliphatic heterocycles. The lowest BCUT2D eigenvalue weighted by Crippen LogP contribution is -2.47. The zero-order valence-corrected chi connectivity index (χ0v) is 17.1. The summed E-state index contributed by atoms with van der Waals surface area (Å²) < 4.78 is 25.6. The Morgan fingerprint density at radius 2 is 1.64 bits per heavy atom. The van der Waals surface area contributed by atoms with Crippen molar-refractivity contribution in [3.05, 3.63) is 65.7 Å². The second kappa shape index (κ2) is 8.86. The van der Waals surface area contributed by atoms with E-state index < -0.39 is 16.1 Å². The molecule has 28 heavy (non-hydrogen) atoms. The molecule has 1 heterocycles. The van der Waals surface area contributed by atoms with Gasteiger partial charge in [-0.05, 0) is 37.5 Å². The number of aryl methyl sites for hydroxylation is 1. The van der Waals surface area contributed by atoms with E-state index in [0.717, 1.165) is 16.8 Å². The maximum atomic E-state index is 13.1. The summed E-state index contributed by atoms with van der Waals surface area (Å²) in [6, 6.07) is 16.9. The Labute approximate surface area is 167 Å². The van der Waals surface area contributed by atoms with E-state index in [0.29, 0.717) is 25.9 Å². The summed E-state index contributed by atoms with van der Waals surface area (Å²) >= 11 is 0. The number of benzene rings is 2. The Morgan fingerprint density at radius 3 is 2.21 bits per heavy atom. The fourth-order valence-corrected chi connectivity index (χ4v) is 4.43. The highest BCUT2D eigenvalue weighted by atomic mass is 32.2. The van der Waals surface area contributed by atoms with E-state index in [-0.39, 0.29) is 11.9 Å². The lowest BCUT2D eigenvalue weighted by Gasteiger charge is -2.37. The van der Waals surface area contributed by atoms with Gasteiger partial charge in [0.15, 0.2) is 0 Å². The van der Waals surface area contributed by atoms with Gasteiger partial charge in [-0.3, -0.25) is 9.69 Å². The van der Waals surface area contributed by atoms with Crippen LogP contribution in [0.2, 0.25) is 0 Å². The smallest absolute Gasteiger partial charge is 0.246 e. The molecule has 7 heteroatoms. The van der Waals surface area contributed by atoms with Gasteiger partial charge in [0.2, 0.25) is 15.9 Å². The van der Waals surface area contributed by atoms with E-state index >= 15 is 0 Å². The first-order chi connectivity index (χ1) is 13.3. The fourth-order valence-electron chi connectivity index (χ4n) is 3.59. The van der Waals surface area contributed by atoms with Crippen LogP contribution in [-0.2, 0) is 14.8 Å². The molecule has 3 rings (SSSR count). The minimum absolute atomic E-state index is 0.0791. The van der Waals surface area contributed by atoms with Gasteiger partial charge in [0.05, 0.1) is 6.26 Å². The quantitative estimate of drug-likeness (QED) is 0.780. The molecule has 1 aliphatic rings. The average Bonchev–Trinajstić information content (AvgIpc) is 2.65. The largest absolute Gasteiger partial charge is 0.324 e. The Kier molecular flexibility index (Phi) is 6.49. The standard InChI is InChI=1S/C21H27N3O3S/c1-16-8-10-18(11-9-16)22-21(25)20(17-6-4-3-5-7-17)24-14-12-19(13-15-24)23-28(2,26)27/h3-11,19-20,23H,12-15H2,1-2H3,(H,22,25)/t20-/m0/s1. The molecule has 1 amide bonds. The monoisotopic (exact) mass is 401 g/mol. The zero-order valence-electron chi connectivity index (χ0n) is 16.3. The number of amides is 1. The fraction of sp³-hybridized carbons (Fsp3) is 0.381. The number of rotatable bonds is 6. The molecule has 2 N–H and O–H groups in total. The van der Waals surface area contributed by atoms with Crippen molar-refractivity contribution in [2.45, 2.75) is 31.8 Å². The minimum Gasteiger partial charge on any atom is -0.324 e. The highest BCUT2D eigenvalue weighted by Crippen LogP contribution is 2.26. The van der Waals surface area contributed by atoms with Gasteiger partial charge in [0, 0.05) is 24.8 Å². The number of hydrogen-bond acceptors (Lipinski definition) is 4. The molecular weight excluding hydrogens is 374 g/mol. The second-order valence-corrected chi connectivity index (χ2v) is 9.15. The molecule has 1 fully saturated rings. The van der Waals surface area contributed by atoms with E-state index in [1.807, 2.05) is 61.5 Å². The molecular formula is C21H27N3O3S. The van der Waals surface area contributed by atoms with Gasteiger partial charge < -0.3 is 5.32 Å². The van der Waals surface area contributed by atoms with Crippen LogP contribution in [0, 0.1) is 6.92 Å². The Hall–Kier alpha value is -2.22. The van der Waals surface area contributed by atoms with Crippen molar-refractivity contribution < 1.29 is 13.2 Å². The minimum atomic E-state index is -3.22. The number of nitrogens with zero attached hydrogens (tertiary/aromatic N) is 1. The molecule has 1 atom stereocenters. The maximum Gasteiger partial charge on any atom is 0.246 e. The van der Waals surface area contributed by atoms with E-state index in [1.165, 1.54) is 6.26 Å². The van der Waals surface area contributed by atoms with Crippen LogP contribution in [0.4, 0.5) is 5.69 Å². The summed E-state index contributed by atoms with van der Waals surface area (Å²) in [5, 5.41) is 3.02. The van der Waals surface area contributed by atoms with Crippen LogP contribution < -0.4 is 10.0 Å². The molecule has 2 aromatic carbocycles. The third-order valence-electron chi connectivity index (χ3n) is 4.96. The Balaban J connectivity index is 1.75. The molecule has 1 saturated heterocycles. The highest BCUT2D eigenvalue weighted by molar-refractivity contribution is 7.88. The number of carbonyl (C=O) groups is 1. The van der Waals surface area contributed by atoms with Gasteiger partial charge in [0.1, 0.15) is 6.04 Å². The number of anilines is 1.